The van der Waals surface area contributed by atoms with Crippen molar-refractivity contribution in [1.29, 1.82) is 0 Å². The number of ketones is 1. The van der Waals surface area contributed by atoms with Gasteiger partial charge in [-0.2, -0.15) is 0 Å². The number of nitrogens with one attached hydrogen (secondary N) is 1. The highest BCUT2D eigenvalue weighted by Gasteiger charge is 2.20. The number of carbonyl (C=O) groups is 2. The van der Waals surface area contributed by atoms with Gasteiger partial charge >= 0.3 is 0 Å². The van der Waals surface area contributed by atoms with Crippen molar-refractivity contribution < 1.29 is 9.59 Å². The summed E-state index contributed by atoms with van der Waals surface area (Å²) in [6, 6.07) is 9.37. The average Bonchev–Trinajstić information content (AvgIpc) is 2.48. The standard InChI is InChI=1S/C17H24N2O2/c1-14(20)16(12-15-8-4-2-5-9-15)18-17(21)13-19-10-6-3-7-11-19/h2,4-5,8-9,16H,3,6-7,10-13H2,1H3,(H,18,21)/t16-/m1/s1. The number of likely N-dealkylation sites (tertiary alicyclic amines) is 1. The Morgan fingerprint density at radius 1 is 1.14 bits per heavy atom. The highest BCUT2D eigenvalue weighted by Crippen LogP contribution is 2.08. The molecule has 1 aromatic carbocycles. The predicted molar refractivity (Wildman–Crippen MR) is 83.0 cm³/mol. The van der Waals surface area contributed by atoms with E-state index in [1.54, 1.807) is 0 Å². The van der Waals surface area contributed by atoms with E-state index in [9.17, 15) is 9.59 Å². The monoisotopic (exact) mass is 288 g/mol. The second-order valence-corrected chi connectivity index (χ2v) is 5.76. The van der Waals surface area contributed by atoms with Crippen LogP contribution in [-0.2, 0) is 16.0 Å². The second kappa shape index (κ2) is 7.93. The van der Waals surface area contributed by atoms with E-state index in [1.165, 1.54) is 13.3 Å². The van der Waals surface area contributed by atoms with Crippen LogP contribution in [0.2, 0.25) is 0 Å². The number of benzene rings is 1. The molecule has 2 rings (SSSR count). The first-order chi connectivity index (χ1) is 10.1. The smallest absolute Gasteiger partial charge is 0.234 e. The van der Waals surface area contributed by atoms with Crippen LogP contribution in [0.15, 0.2) is 30.3 Å². The highest BCUT2D eigenvalue weighted by atomic mass is 16.2. The molecular weight excluding hydrogens is 264 g/mol. The number of hydrogen-bond acceptors (Lipinski definition) is 3. The molecule has 0 aliphatic carbocycles. The zero-order valence-corrected chi connectivity index (χ0v) is 12.7. The van der Waals surface area contributed by atoms with Gasteiger partial charge in [-0.05, 0) is 44.8 Å². The zero-order valence-electron chi connectivity index (χ0n) is 12.7. The van der Waals surface area contributed by atoms with E-state index in [0.29, 0.717) is 13.0 Å². The number of rotatable bonds is 6. The molecule has 1 saturated heterocycles. The van der Waals surface area contributed by atoms with E-state index in [1.807, 2.05) is 30.3 Å². The molecule has 1 amide bonds. The van der Waals surface area contributed by atoms with E-state index in [2.05, 4.69) is 10.2 Å². The van der Waals surface area contributed by atoms with Crippen molar-refractivity contribution in [2.75, 3.05) is 19.6 Å². The lowest BCUT2D eigenvalue weighted by atomic mass is 10.0. The Hall–Kier alpha value is -1.68. The van der Waals surface area contributed by atoms with Crippen molar-refractivity contribution in [3.8, 4) is 0 Å². The van der Waals surface area contributed by atoms with Crippen molar-refractivity contribution in [3.05, 3.63) is 35.9 Å². The molecule has 1 atom stereocenters. The van der Waals surface area contributed by atoms with Gasteiger partial charge in [0.05, 0.1) is 12.6 Å². The summed E-state index contributed by atoms with van der Waals surface area (Å²) < 4.78 is 0. The van der Waals surface area contributed by atoms with Crippen LogP contribution in [0.25, 0.3) is 0 Å². The molecule has 1 N–H and O–H groups in total. The Morgan fingerprint density at radius 3 is 2.43 bits per heavy atom. The number of carbonyl (C=O) groups excluding carboxylic acids is 2. The molecule has 1 aliphatic heterocycles. The molecule has 0 spiro atoms. The van der Waals surface area contributed by atoms with Gasteiger partial charge < -0.3 is 5.32 Å². The van der Waals surface area contributed by atoms with Gasteiger partial charge in [0, 0.05) is 0 Å². The molecule has 0 unspecified atom stereocenters. The van der Waals surface area contributed by atoms with Crippen LogP contribution in [-0.4, -0.2) is 42.3 Å². The molecule has 0 radical (unpaired) electrons. The molecular formula is C17H24N2O2. The van der Waals surface area contributed by atoms with Gasteiger partial charge in [0.25, 0.3) is 0 Å². The fourth-order valence-electron chi connectivity index (χ4n) is 2.71. The zero-order chi connectivity index (χ0) is 15.1. The van der Waals surface area contributed by atoms with Gasteiger partial charge in [-0.3, -0.25) is 14.5 Å². The quantitative estimate of drug-likeness (QED) is 0.868. The first kappa shape index (κ1) is 15.7. The van der Waals surface area contributed by atoms with Crippen LogP contribution in [0, 0.1) is 0 Å². The summed E-state index contributed by atoms with van der Waals surface area (Å²) in [6.45, 7) is 3.90. The lowest BCUT2D eigenvalue weighted by Gasteiger charge is -2.26. The molecule has 0 aromatic heterocycles. The number of nitrogens with zero attached hydrogens (tertiary/aromatic N) is 1. The van der Waals surface area contributed by atoms with Gasteiger partial charge in [-0.15, -0.1) is 0 Å². The first-order valence-electron chi connectivity index (χ1n) is 7.71. The molecule has 114 valence electrons. The highest BCUT2D eigenvalue weighted by molar-refractivity contribution is 5.88. The van der Waals surface area contributed by atoms with Crippen LogP contribution in [0.3, 0.4) is 0 Å². The van der Waals surface area contributed by atoms with E-state index in [-0.39, 0.29) is 11.7 Å². The molecule has 21 heavy (non-hydrogen) atoms. The molecule has 1 aliphatic rings. The van der Waals surface area contributed by atoms with Crippen LogP contribution in [0.5, 0.6) is 0 Å². The summed E-state index contributed by atoms with van der Waals surface area (Å²) in [4.78, 5) is 26.0. The molecule has 0 bridgehead atoms. The third kappa shape index (κ3) is 5.31. The minimum absolute atomic E-state index is 0.00541. The molecule has 1 aromatic rings. The maximum atomic E-state index is 12.1. The Labute approximate surface area is 126 Å². The molecule has 4 heteroatoms. The summed E-state index contributed by atoms with van der Waals surface area (Å²) in [5.74, 6) is -0.0427. The van der Waals surface area contributed by atoms with Crippen LogP contribution in [0.4, 0.5) is 0 Å². The Morgan fingerprint density at radius 2 is 1.81 bits per heavy atom. The summed E-state index contributed by atoms with van der Waals surface area (Å²) in [6.07, 6.45) is 4.13. The van der Waals surface area contributed by atoms with Gasteiger partial charge in [0.2, 0.25) is 5.91 Å². The third-order valence-electron chi connectivity index (χ3n) is 3.92. The molecule has 1 heterocycles. The lowest BCUT2D eigenvalue weighted by Crippen LogP contribution is -2.46. The van der Waals surface area contributed by atoms with Crippen molar-refractivity contribution in [2.24, 2.45) is 0 Å². The van der Waals surface area contributed by atoms with Gasteiger partial charge in [-0.25, -0.2) is 0 Å². The minimum Gasteiger partial charge on any atom is -0.345 e. The summed E-state index contributed by atoms with van der Waals surface area (Å²) >= 11 is 0. The third-order valence-corrected chi connectivity index (χ3v) is 3.92. The molecule has 1 fully saturated rings. The van der Waals surface area contributed by atoms with E-state index < -0.39 is 6.04 Å². The summed E-state index contributed by atoms with van der Waals surface area (Å²) in [5.41, 5.74) is 1.07. The Balaban J connectivity index is 1.86. The SMILES string of the molecule is CC(=O)[C@@H](Cc1ccccc1)NC(=O)CN1CCCCC1. The topological polar surface area (TPSA) is 49.4 Å². The van der Waals surface area contributed by atoms with Crippen molar-refractivity contribution in [3.63, 3.8) is 0 Å². The average molecular weight is 288 g/mol. The number of piperidine rings is 1. The van der Waals surface area contributed by atoms with Gasteiger partial charge in [0.1, 0.15) is 0 Å². The first-order valence-corrected chi connectivity index (χ1v) is 7.71. The lowest BCUT2D eigenvalue weighted by molar-refractivity contribution is -0.127. The van der Waals surface area contributed by atoms with Crippen molar-refractivity contribution in [1.82, 2.24) is 10.2 Å². The fraction of sp³-hybridized carbons (Fsp3) is 0.529. The maximum Gasteiger partial charge on any atom is 0.234 e. The number of Topliss-reactive ketones (excluding diaryl/α,β-unsaturated/α-hetero) is 1. The summed E-state index contributed by atoms with van der Waals surface area (Å²) in [7, 11) is 0. The predicted octanol–water partition coefficient (Wildman–Crippen LogP) is 1.79. The Bertz CT molecular complexity index is 467. The Kier molecular flexibility index (Phi) is 5.93. The van der Waals surface area contributed by atoms with Gasteiger partial charge in [-0.1, -0.05) is 36.8 Å². The van der Waals surface area contributed by atoms with E-state index in [4.69, 9.17) is 0 Å². The largest absolute Gasteiger partial charge is 0.345 e. The maximum absolute atomic E-state index is 12.1. The van der Waals surface area contributed by atoms with Crippen LogP contribution in [0.1, 0.15) is 31.7 Å². The second-order valence-electron chi connectivity index (χ2n) is 5.76. The van der Waals surface area contributed by atoms with Gasteiger partial charge in [0.15, 0.2) is 5.78 Å². The van der Waals surface area contributed by atoms with E-state index >= 15 is 0 Å². The van der Waals surface area contributed by atoms with Crippen molar-refractivity contribution >= 4 is 11.7 Å². The van der Waals surface area contributed by atoms with Crippen molar-refractivity contribution in [2.45, 2.75) is 38.6 Å². The number of hydrogen-bond donors (Lipinski definition) is 1. The minimum atomic E-state index is -0.426. The van der Waals surface area contributed by atoms with Crippen LogP contribution >= 0.6 is 0 Å². The van der Waals surface area contributed by atoms with E-state index in [0.717, 1.165) is 31.5 Å². The summed E-state index contributed by atoms with van der Waals surface area (Å²) in [5, 5.41) is 2.88. The molecule has 0 saturated carbocycles. The van der Waals surface area contributed by atoms with Crippen LogP contribution < -0.4 is 5.32 Å². The number of amides is 1. The fourth-order valence-corrected chi connectivity index (χ4v) is 2.71. The normalized spacial score (nSPS) is 17.2. The molecule has 4 nitrogen and oxygen atoms in total.